The van der Waals surface area contributed by atoms with Gasteiger partial charge in [-0.25, -0.2) is 0 Å². The minimum Gasteiger partial charge on any atom is -0.319 e. The molecule has 2 nitrogen and oxygen atoms in total. The van der Waals surface area contributed by atoms with Crippen molar-refractivity contribution in [1.29, 1.82) is 0 Å². The van der Waals surface area contributed by atoms with E-state index >= 15 is 0 Å². The number of alkyl halides is 3. The minimum atomic E-state index is -4.29. The molecular weight excluding hydrogens is 277 g/mol. The lowest BCUT2D eigenvalue weighted by molar-refractivity contribution is -0.138. The summed E-state index contributed by atoms with van der Waals surface area (Å²) in [6.07, 6.45) is -2.25. The Morgan fingerprint density at radius 1 is 1.33 bits per heavy atom. The van der Waals surface area contributed by atoms with E-state index in [0.717, 1.165) is 25.9 Å². The van der Waals surface area contributed by atoms with Gasteiger partial charge in [0.1, 0.15) is 0 Å². The van der Waals surface area contributed by atoms with E-state index in [1.54, 1.807) is 19.2 Å². The second-order valence-corrected chi connectivity index (χ2v) is 5.91. The fourth-order valence-electron chi connectivity index (χ4n) is 3.36. The summed E-state index contributed by atoms with van der Waals surface area (Å²) < 4.78 is 39.8. The molecule has 1 aliphatic heterocycles. The highest BCUT2D eigenvalue weighted by molar-refractivity contribution is 5.33. The molecule has 1 fully saturated rings. The molecule has 2 atom stereocenters. The van der Waals surface area contributed by atoms with E-state index in [9.17, 15) is 13.2 Å². The van der Waals surface area contributed by atoms with Crippen LogP contribution in [0.5, 0.6) is 0 Å². The van der Waals surface area contributed by atoms with Crippen molar-refractivity contribution in [3.8, 4) is 0 Å². The van der Waals surface area contributed by atoms with Crippen LogP contribution in [0.15, 0.2) is 24.3 Å². The number of nitrogens with zero attached hydrogens (tertiary/aromatic N) is 1. The number of nitrogens with one attached hydrogen (secondary N) is 1. The Bertz CT molecular complexity index is 459. The third-order valence-electron chi connectivity index (χ3n) is 4.32. The quantitative estimate of drug-likeness (QED) is 0.917. The Labute approximate surface area is 124 Å². The zero-order valence-electron chi connectivity index (χ0n) is 12.6. The smallest absolute Gasteiger partial charge is 0.319 e. The average Bonchev–Trinajstić information content (AvgIpc) is 2.44. The Hall–Kier alpha value is -1.07. The predicted octanol–water partition coefficient (Wildman–Crippen LogP) is 3.35. The maximum absolute atomic E-state index is 13.3. The summed E-state index contributed by atoms with van der Waals surface area (Å²) in [5.41, 5.74) is -0.0573. The van der Waals surface area contributed by atoms with Gasteiger partial charge in [0.2, 0.25) is 0 Å². The normalized spacial score (nSPS) is 22.2. The molecule has 1 saturated heterocycles. The molecule has 0 aliphatic carbocycles. The summed E-state index contributed by atoms with van der Waals surface area (Å²) in [6.45, 7) is 2.47. The SMILES string of the molecule is CNCC(c1ccccc1C(F)(F)F)C1CCCN(C)C1. The molecule has 5 heteroatoms. The summed E-state index contributed by atoms with van der Waals surface area (Å²) in [5.74, 6) is 0.162. The Morgan fingerprint density at radius 2 is 2.05 bits per heavy atom. The van der Waals surface area contributed by atoms with Crippen molar-refractivity contribution in [2.75, 3.05) is 33.7 Å². The van der Waals surface area contributed by atoms with E-state index < -0.39 is 11.7 Å². The van der Waals surface area contributed by atoms with E-state index in [4.69, 9.17) is 0 Å². The second-order valence-electron chi connectivity index (χ2n) is 5.91. The van der Waals surface area contributed by atoms with Gasteiger partial charge >= 0.3 is 6.18 Å². The molecule has 0 aromatic heterocycles. The van der Waals surface area contributed by atoms with Crippen LogP contribution in [0.25, 0.3) is 0 Å². The monoisotopic (exact) mass is 300 g/mol. The Kier molecular flexibility index (Phi) is 5.27. The van der Waals surface area contributed by atoms with Gasteiger partial charge in [-0.05, 0) is 51.0 Å². The van der Waals surface area contributed by atoms with Crippen molar-refractivity contribution in [3.05, 3.63) is 35.4 Å². The summed E-state index contributed by atoms with van der Waals surface area (Å²) >= 11 is 0. The topological polar surface area (TPSA) is 15.3 Å². The first-order valence-corrected chi connectivity index (χ1v) is 7.42. The van der Waals surface area contributed by atoms with Crippen molar-refractivity contribution < 1.29 is 13.2 Å². The summed E-state index contributed by atoms with van der Waals surface area (Å²) in [6, 6.07) is 6.01. The highest BCUT2D eigenvalue weighted by atomic mass is 19.4. The lowest BCUT2D eigenvalue weighted by Crippen LogP contribution is -2.38. The van der Waals surface area contributed by atoms with E-state index in [1.807, 2.05) is 7.05 Å². The van der Waals surface area contributed by atoms with Crippen LogP contribution in [-0.4, -0.2) is 38.6 Å². The van der Waals surface area contributed by atoms with Crippen LogP contribution in [-0.2, 0) is 6.18 Å². The van der Waals surface area contributed by atoms with Gasteiger partial charge in [-0.15, -0.1) is 0 Å². The number of rotatable bonds is 4. The molecule has 1 N–H and O–H groups in total. The molecule has 21 heavy (non-hydrogen) atoms. The summed E-state index contributed by atoms with van der Waals surface area (Å²) in [7, 11) is 3.84. The molecule has 0 amide bonds. The molecule has 0 bridgehead atoms. The van der Waals surface area contributed by atoms with Gasteiger partial charge in [0, 0.05) is 19.0 Å². The van der Waals surface area contributed by atoms with E-state index in [2.05, 4.69) is 10.2 Å². The third kappa shape index (κ3) is 3.98. The predicted molar refractivity (Wildman–Crippen MR) is 78.3 cm³/mol. The maximum atomic E-state index is 13.3. The summed E-state index contributed by atoms with van der Waals surface area (Å²) in [4.78, 5) is 2.22. The van der Waals surface area contributed by atoms with Crippen molar-refractivity contribution in [3.63, 3.8) is 0 Å². The summed E-state index contributed by atoms with van der Waals surface area (Å²) in [5, 5.41) is 3.07. The van der Waals surface area contributed by atoms with Gasteiger partial charge in [-0.1, -0.05) is 18.2 Å². The molecule has 1 heterocycles. The molecule has 1 aliphatic rings. The first-order valence-electron chi connectivity index (χ1n) is 7.42. The van der Waals surface area contributed by atoms with Crippen molar-refractivity contribution >= 4 is 0 Å². The third-order valence-corrected chi connectivity index (χ3v) is 4.32. The molecule has 1 aromatic carbocycles. The van der Waals surface area contributed by atoms with Crippen LogP contribution < -0.4 is 5.32 Å². The van der Waals surface area contributed by atoms with Crippen molar-refractivity contribution in [2.24, 2.45) is 5.92 Å². The Balaban J connectivity index is 2.34. The number of halogens is 3. The van der Waals surface area contributed by atoms with Crippen LogP contribution in [0.2, 0.25) is 0 Å². The Morgan fingerprint density at radius 3 is 2.67 bits per heavy atom. The number of likely N-dealkylation sites (tertiary alicyclic amines) is 1. The molecule has 0 spiro atoms. The number of hydrogen-bond donors (Lipinski definition) is 1. The molecule has 2 rings (SSSR count). The number of benzene rings is 1. The zero-order valence-corrected chi connectivity index (χ0v) is 12.6. The van der Waals surface area contributed by atoms with Gasteiger partial charge in [0.25, 0.3) is 0 Å². The zero-order chi connectivity index (χ0) is 15.5. The first-order chi connectivity index (χ1) is 9.93. The van der Waals surface area contributed by atoms with Gasteiger partial charge < -0.3 is 10.2 Å². The van der Waals surface area contributed by atoms with Gasteiger partial charge in [0.15, 0.2) is 0 Å². The highest BCUT2D eigenvalue weighted by Crippen LogP contribution is 2.39. The average molecular weight is 300 g/mol. The van der Waals surface area contributed by atoms with Crippen LogP contribution in [0.1, 0.15) is 29.9 Å². The van der Waals surface area contributed by atoms with Crippen LogP contribution in [0.4, 0.5) is 13.2 Å². The highest BCUT2D eigenvalue weighted by Gasteiger charge is 2.37. The standard InChI is InChI=1S/C16H23F3N2/c1-20-10-14(12-6-5-9-21(2)11-12)13-7-3-4-8-15(13)16(17,18)19/h3-4,7-8,12,14,20H,5-6,9-11H2,1-2H3. The fourth-order valence-corrected chi connectivity index (χ4v) is 3.36. The lowest BCUT2D eigenvalue weighted by Gasteiger charge is -2.36. The van der Waals surface area contributed by atoms with E-state index in [1.165, 1.54) is 12.1 Å². The molecule has 1 aromatic rings. The van der Waals surface area contributed by atoms with Crippen LogP contribution in [0.3, 0.4) is 0 Å². The van der Waals surface area contributed by atoms with Crippen molar-refractivity contribution in [1.82, 2.24) is 10.2 Å². The molecule has 2 unspecified atom stereocenters. The van der Waals surface area contributed by atoms with Gasteiger partial charge in [-0.3, -0.25) is 0 Å². The molecule has 0 saturated carbocycles. The fraction of sp³-hybridized carbons (Fsp3) is 0.625. The second kappa shape index (κ2) is 6.79. The van der Waals surface area contributed by atoms with Gasteiger partial charge in [-0.2, -0.15) is 13.2 Å². The van der Waals surface area contributed by atoms with Crippen molar-refractivity contribution in [2.45, 2.75) is 24.9 Å². The lowest BCUT2D eigenvalue weighted by atomic mass is 9.79. The first kappa shape index (κ1) is 16.3. The van der Waals surface area contributed by atoms with E-state index in [-0.39, 0.29) is 11.8 Å². The van der Waals surface area contributed by atoms with E-state index in [0.29, 0.717) is 12.1 Å². The minimum absolute atomic E-state index is 0.101. The molecule has 118 valence electrons. The van der Waals surface area contributed by atoms with Crippen LogP contribution in [0, 0.1) is 5.92 Å². The number of piperidine rings is 1. The number of likely N-dealkylation sites (N-methyl/N-ethyl adjacent to an activating group) is 1. The maximum Gasteiger partial charge on any atom is 0.416 e. The molecule has 0 radical (unpaired) electrons. The number of hydrogen-bond acceptors (Lipinski definition) is 2. The van der Waals surface area contributed by atoms with Crippen LogP contribution >= 0.6 is 0 Å². The largest absolute Gasteiger partial charge is 0.416 e. The van der Waals surface area contributed by atoms with Gasteiger partial charge in [0.05, 0.1) is 5.56 Å². The molecular formula is C16H23F3N2.